The molecule has 0 aliphatic heterocycles. The second kappa shape index (κ2) is 46.3. The standard InChI is InChI=1S/C51H92O6/c1-4-7-10-13-16-19-22-25-27-29-32-35-38-41-44-50(53)56-47-48(46-55-49(52)43-40-37-34-31-28-24-21-18-15-12-9-6-3)57-51(54)45-42-39-36-33-30-26-23-20-17-14-11-8-5-2/h7,10,16,19,26,30,48H,4-6,8-9,11-15,17-18,20-25,27-29,31-47H2,1-3H3/b10-7-,19-16-,30-26-. The SMILES string of the molecule is CC/C=C\C/C=C\CCCCCCCCCC(=O)OCC(COC(=O)CCCCCCCCCCCCCC)OC(=O)CCCCC/C=C\CCCCCCCC. The predicted octanol–water partition coefficient (Wildman–Crippen LogP) is 15.8. The van der Waals surface area contributed by atoms with Gasteiger partial charge in [0.2, 0.25) is 0 Å². The van der Waals surface area contributed by atoms with Crippen LogP contribution in [0.25, 0.3) is 0 Å². The van der Waals surface area contributed by atoms with Crippen LogP contribution in [0.2, 0.25) is 0 Å². The molecule has 0 aromatic carbocycles. The molecular weight excluding hydrogens is 709 g/mol. The average molecular weight is 801 g/mol. The topological polar surface area (TPSA) is 78.9 Å². The van der Waals surface area contributed by atoms with Gasteiger partial charge in [0.25, 0.3) is 0 Å². The van der Waals surface area contributed by atoms with Crippen LogP contribution in [0, 0.1) is 0 Å². The van der Waals surface area contributed by atoms with Crippen LogP contribution in [0.4, 0.5) is 0 Å². The molecule has 0 rings (SSSR count). The fraction of sp³-hybridized carbons (Fsp3) is 0.824. The van der Waals surface area contributed by atoms with Crippen molar-refractivity contribution < 1.29 is 28.6 Å². The van der Waals surface area contributed by atoms with Gasteiger partial charge in [0.05, 0.1) is 0 Å². The lowest BCUT2D eigenvalue weighted by molar-refractivity contribution is -0.167. The highest BCUT2D eigenvalue weighted by Gasteiger charge is 2.19. The van der Waals surface area contributed by atoms with Gasteiger partial charge in [0.1, 0.15) is 13.2 Å². The summed E-state index contributed by atoms with van der Waals surface area (Å²) >= 11 is 0. The van der Waals surface area contributed by atoms with E-state index in [1.807, 2.05) is 0 Å². The molecule has 0 radical (unpaired) electrons. The van der Waals surface area contributed by atoms with E-state index in [4.69, 9.17) is 14.2 Å². The quantitative estimate of drug-likeness (QED) is 0.0264. The van der Waals surface area contributed by atoms with E-state index in [-0.39, 0.29) is 31.1 Å². The number of allylic oxidation sites excluding steroid dienone is 6. The molecule has 6 heteroatoms. The van der Waals surface area contributed by atoms with Crippen molar-refractivity contribution in [2.24, 2.45) is 0 Å². The summed E-state index contributed by atoms with van der Waals surface area (Å²) in [4.78, 5) is 37.8. The molecule has 6 nitrogen and oxygen atoms in total. The van der Waals surface area contributed by atoms with Crippen molar-refractivity contribution in [2.45, 2.75) is 258 Å². The zero-order valence-electron chi connectivity index (χ0n) is 37.9. The molecule has 1 unspecified atom stereocenters. The van der Waals surface area contributed by atoms with E-state index >= 15 is 0 Å². The van der Waals surface area contributed by atoms with Crippen LogP contribution in [0.15, 0.2) is 36.5 Å². The van der Waals surface area contributed by atoms with Crippen molar-refractivity contribution in [2.75, 3.05) is 13.2 Å². The second-order valence-electron chi connectivity index (χ2n) is 16.3. The van der Waals surface area contributed by atoms with E-state index in [1.165, 1.54) is 122 Å². The largest absolute Gasteiger partial charge is 0.462 e. The Balaban J connectivity index is 4.38. The predicted molar refractivity (Wildman–Crippen MR) is 242 cm³/mol. The number of unbranched alkanes of at least 4 members (excludes halogenated alkanes) is 27. The van der Waals surface area contributed by atoms with E-state index in [1.54, 1.807) is 0 Å². The second-order valence-corrected chi connectivity index (χ2v) is 16.3. The highest BCUT2D eigenvalue weighted by molar-refractivity contribution is 5.71. The van der Waals surface area contributed by atoms with Gasteiger partial charge in [-0.15, -0.1) is 0 Å². The number of carbonyl (C=O) groups excluding carboxylic acids is 3. The summed E-state index contributed by atoms with van der Waals surface area (Å²) in [6, 6.07) is 0. The van der Waals surface area contributed by atoms with Crippen LogP contribution in [-0.4, -0.2) is 37.2 Å². The number of hydrogen-bond donors (Lipinski definition) is 0. The zero-order chi connectivity index (χ0) is 41.5. The van der Waals surface area contributed by atoms with E-state index in [0.717, 1.165) is 89.9 Å². The van der Waals surface area contributed by atoms with Crippen LogP contribution in [0.5, 0.6) is 0 Å². The maximum atomic E-state index is 12.7. The lowest BCUT2D eigenvalue weighted by Gasteiger charge is -2.18. The van der Waals surface area contributed by atoms with Gasteiger partial charge < -0.3 is 14.2 Å². The monoisotopic (exact) mass is 801 g/mol. The fourth-order valence-corrected chi connectivity index (χ4v) is 6.94. The van der Waals surface area contributed by atoms with Crippen molar-refractivity contribution >= 4 is 17.9 Å². The third kappa shape index (κ3) is 44.6. The minimum absolute atomic E-state index is 0.0782. The van der Waals surface area contributed by atoms with Gasteiger partial charge in [-0.25, -0.2) is 0 Å². The van der Waals surface area contributed by atoms with Crippen LogP contribution in [0.1, 0.15) is 252 Å². The Hall–Kier alpha value is -2.37. The third-order valence-corrected chi connectivity index (χ3v) is 10.6. The normalized spacial score (nSPS) is 12.3. The average Bonchev–Trinajstić information content (AvgIpc) is 3.21. The number of hydrogen-bond acceptors (Lipinski definition) is 6. The Morgan fingerprint density at radius 3 is 1.09 bits per heavy atom. The minimum Gasteiger partial charge on any atom is -0.462 e. The Labute approximate surface area is 353 Å². The molecule has 0 heterocycles. The molecule has 0 aromatic rings. The first-order chi connectivity index (χ1) is 28.0. The lowest BCUT2D eigenvalue weighted by Crippen LogP contribution is -2.30. The molecule has 0 spiro atoms. The maximum absolute atomic E-state index is 12.7. The summed E-state index contributed by atoms with van der Waals surface area (Å²) in [5, 5.41) is 0. The van der Waals surface area contributed by atoms with Crippen LogP contribution < -0.4 is 0 Å². The first-order valence-electron chi connectivity index (χ1n) is 24.5. The van der Waals surface area contributed by atoms with Crippen molar-refractivity contribution in [3.8, 4) is 0 Å². The van der Waals surface area contributed by atoms with E-state index in [0.29, 0.717) is 19.3 Å². The van der Waals surface area contributed by atoms with Crippen LogP contribution >= 0.6 is 0 Å². The zero-order valence-corrected chi connectivity index (χ0v) is 37.9. The van der Waals surface area contributed by atoms with Gasteiger partial charge in [0.15, 0.2) is 6.10 Å². The minimum atomic E-state index is -0.778. The smallest absolute Gasteiger partial charge is 0.306 e. The number of ether oxygens (including phenoxy) is 3. The third-order valence-electron chi connectivity index (χ3n) is 10.6. The molecule has 57 heavy (non-hydrogen) atoms. The lowest BCUT2D eigenvalue weighted by atomic mass is 10.0. The van der Waals surface area contributed by atoms with Gasteiger partial charge >= 0.3 is 17.9 Å². The van der Waals surface area contributed by atoms with Gasteiger partial charge in [-0.3, -0.25) is 14.4 Å². The Kier molecular flexibility index (Phi) is 44.4. The Morgan fingerprint density at radius 1 is 0.368 bits per heavy atom. The van der Waals surface area contributed by atoms with Crippen molar-refractivity contribution in [3.05, 3.63) is 36.5 Å². The summed E-state index contributed by atoms with van der Waals surface area (Å²) in [7, 11) is 0. The highest BCUT2D eigenvalue weighted by Crippen LogP contribution is 2.15. The summed E-state index contributed by atoms with van der Waals surface area (Å²) in [6.45, 7) is 6.51. The summed E-state index contributed by atoms with van der Waals surface area (Å²) < 4.78 is 16.7. The van der Waals surface area contributed by atoms with Crippen molar-refractivity contribution in [3.63, 3.8) is 0 Å². The molecule has 0 saturated carbocycles. The van der Waals surface area contributed by atoms with Gasteiger partial charge in [0, 0.05) is 19.3 Å². The van der Waals surface area contributed by atoms with E-state index in [2.05, 4.69) is 57.2 Å². The first-order valence-corrected chi connectivity index (χ1v) is 24.5. The van der Waals surface area contributed by atoms with Crippen molar-refractivity contribution in [1.29, 1.82) is 0 Å². The van der Waals surface area contributed by atoms with E-state index < -0.39 is 6.10 Å². The molecule has 0 amide bonds. The summed E-state index contributed by atoms with van der Waals surface area (Å²) in [6.07, 6.45) is 52.7. The molecule has 0 saturated heterocycles. The number of carbonyl (C=O) groups is 3. The molecule has 0 N–H and O–H groups in total. The molecule has 1 atom stereocenters. The Morgan fingerprint density at radius 2 is 0.684 bits per heavy atom. The molecule has 332 valence electrons. The molecule has 0 aliphatic carbocycles. The molecule has 0 aromatic heterocycles. The van der Waals surface area contributed by atoms with Gasteiger partial charge in [-0.05, 0) is 70.6 Å². The number of rotatable bonds is 44. The molecule has 0 fully saturated rings. The van der Waals surface area contributed by atoms with Crippen molar-refractivity contribution in [1.82, 2.24) is 0 Å². The molecular formula is C51H92O6. The van der Waals surface area contributed by atoms with Crippen LogP contribution in [0.3, 0.4) is 0 Å². The fourth-order valence-electron chi connectivity index (χ4n) is 6.94. The maximum Gasteiger partial charge on any atom is 0.306 e. The highest BCUT2D eigenvalue weighted by atomic mass is 16.6. The van der Waals surface area contributed by atoms with Crippen LogP contribution in [-0.2, 0) is 28.6 Å². The summed E-state index contributed by atoms with van der Waals surface area (Å²) in [5.74, 6) is -0.897. The van der Waals surface area contributed by atoms with Gasteiger partial charge in [-0.2, -0.15) is 0 Å². The van der Waals surface area contributed by atoms with E-state index in [9.17, 15) is 14.4 Å². The summed E-state index contributed by atoms with van der Waals surface area (Å²) in [5.41, 5.74) is 0. The molecule has 0 bridgehead atoms. The molecule has 0 aliphatic rings. The Bertz CT molecular complexity index is 969. The number of esters is 3. The first kappa shape index (κ1) is 54.6. The van der Waals surface area contributed by atoms with Gasteiger partial charge in [-0.1, -0.05) is 198 Å².